The second-order valence-electron chi connectivity index (χ2n) is 4.47. The van der Waals surface area contributed by atoms with Gasteiger partial charge in [0.1, 0.15) is 0 Å². The fourth-order valence-electron chi connectivity index (χ4n) is 1.71. The molecule has 0 bridgehead atoms. The molecule has 0 atom stereocenters. The van der Waals surface area contributed by atoms with Crippen molar-refractivity contribution in [2.24, 2.45) is 0 Å². The maximum absolute atomic E-state index is 12.1. The van der Waals surface area contributed by atoms with Gasteiger partial charge in [-0.2, -0.15) is 0 Å². The number of carbonyl (C=O) groups is 1. The van der Waals surface area contributed by atoms with Crippen LogP contribution in [0.25, 0.3) is 0 Å². The van der Waals surface area contributed by atoms with E-state index >= 15 is 0 Å². The summed E-state index contributed by atoms with van der Waals surface area (Å²) in [6.45, 7) is 0.218. The predicted octanol–water partition coefficient (Wildman–Crippen LogP) is 1.81. The van der Waals surface area contributed by atoms with Crippen LogP contribution >= 0.6 is 0 Å². The molecule has 0 spiro atoms. The van der Waals surface area contributed by atoms with Gasteiger partial charge in [-0.25, -0.2) is 0 Å². The van der Waals surface area contributed by atoms with Crippen LogP contribution in [-0.2, 0) is 17.5 Å². The third kappa shape index (κ3) is 6.05. The van der Waals surface area contributed by atoms with Gasteiger partial charge in [-0.15, -0.1) is 0 Å². The third-order valence-electron chi connectivity index (χ3n) is 2.84. The van der Waals surface area contributed by atoms with Gasteiger partial charge in [0, 0.05) is 0 Å². The Kier molecular flexibility index (Phi) is 8.53. The van der Waals surface area contributed by atoms with Crippen molar-refractivity contribution in [1.29, 1.82) is 0 Å². The summed E-state index contributed by atoms with van der Waals surface area (Å²) in [6.07, 6.45) is 3.08. The molecule has 0 aliphatic heterocycles. The Hall–Kier alpha value is -0.884. The van der Waals surface area contributed by atoms with Gasteiger partial charge < -0.3 is 0 Å². The summed E-state index contributed by atoms with van der Waals surface area (Å²) < 4.78 is 12.8. The minimum absolute atomic E-state index is 0.0265. The number of unbranched alkanes of at least 4 members (excludes halogenated alkanes) is 2. The normalized spacial score (nSPS) is 11.4. The monoisotopic (exact) mass is 325 g/mol. The second kappa shape index (κ2) is 9.93. The molecule has 0 aliphatic carbocycles. The first-order valence-corrected chi connectivity index (χ1v) is 8.48. The van der Waals surface area contributed by atoms with Crippen LogP contribution in [0.5, 0.6) is 0 Å². The standard InChI is InChI=1S/C11H13O2.C4H9O.Co.O/c12-9-5-4-8-11(13)10-6-2-1-3-7-10;1-2-3-4-5;;/h1-2,6-7,12H,4-5,8-9H2;5H,1-4H2;;. The molecule has 115 valence electrons. The van der Waals surface area contributed by atoms with Crippen LogP contribution in [0.4, 0.5) is 0 Å². The fraction of sp³-hybridized carbons (Fsp3) is 0.533. The Morgan fingerprint density at radius 3 is 2.45 bits per heavy atom. The van der Waals surface area contributed by atoms with Crippen molar-refractivity contribution in [2.75, 3.05) is 13.2 Å². The van der Waals surface area contributed by atoms with Crippen molar-refractivity contribution < 1.29 is 32.5 Å². The fourth-order valence-corrected chi connectivity index (χ4v) is 3.22. The van der Waals surface area contributed by atoms with E-state index in [0.29, 0.717) is 41.1 Å². The molecule has 1 rings (SSSR count). The molecule has 0 amide bonds. The van der Waals surface area contributed by atoms with Gasteiger partial charge in [-0.1, -0.05) is 0 Å². The molecule has 4 nitrogen and oxygen atoms in total. The summed E-state index contributed by atoms with van der Waals surface area (Å²) in [5, 5.41) is 18.0. The molecule has 1 aromatic rings. The quantitative estimate of drug-likeness (QED) is 0.508. The van der Waals surface area contributed by atoms with Crippen molar-refractivity contribution in [2.45, 2.75) is 37.5 Å². The van der Waals surface area contributed by atoms with Gasteiger partial charge in [0.05, 0.1) is 0 Å². The maximum atomic E-state index is 12.1. The average molecular weight is 325 g/mol. The van der Waals surface area contributed by atoms with Gasteiger partial charge in [-0.05, 0) is 0 Å². The van der Waals surface area contributed by atoms with Gasteiger partial charge in [0.25, 0.3) is 0 Å². The van der Waals surface area contributed by atoms with E-state index in [1.807, 2.05) is 0 Å². The molecule has 2 N–H and O–H groups in total. The zero-order valence-corrected chi connectivity index (χ0v) is 12.6. The number of benzene rings is 1. The van der Waals surface area contributed by atoms with E-state index in [0.717, 1.165) is 6.42 Å². The summed E-state index contributed by atoms with van der Waals surface area (Å²) in [4.78, 5) is 11.9. The van der Waals surface area contributed by atoms with E-state index in [1.54, 1.807) is 24.3 Å². The van der Waals surface area contributed by atoms with E-state index in [1.165, 1.54) is 0 Å². The van der Waals surface area contributed by atoms with Crippen LogP contribution in [-0.4, -0.2) is 29.2 Å². The first-order chi connectivity index (χ1) is 9.69. The molecular weight excluding hydrogens is 303 g/mol. The molecule has 0 heterocycles. The molecule has 0 unspecified atom stereocenters. The number of hydrogen-bond donors (Lipinski definition) is 2. The van der Waals surface area contributed by atoms with Crippen molar-refractivity contribution in [3.63, 3.8) is 0 Å². The minimum atomic E-state index is -1.47. The summed E-state index contributed by atoms with van der Waals surface area (Å²) in [5.41, 5.74) is 0.588. The molecule has 0 aromatic heterocycles. The van der Waals surface area contributed by atoms with Gasteiger partial charge in [-0.3, -0.25) is 0 Å². The number of ketones is 1. The molecule has 1 aromatic carbocycles. The Bertz CT molecular complexity index is 408. The van der Waals surface area contributed by atoms with E-state index in [4.69, 9.17) is 10.2 Å². The molecular formula is C15H22CoO4. The molecule has 0 fully saturated rings. The number of carbonyl (C=O) groups excluding carboxylic acids is 1. The predicted molar refractivity (Wildman–Crippen MR) is 73.2 cm³/mol. The molecule has 0 saturated carbocycles. The molecule has 0 aliphatic rings. The number of Topliss-reactive ketones (excluding diaryl/α,β-unsaturated/α-hetero) is 1. The van der Waals surface area contributed by atoms with Crippen LogP contribution in [0, 0.1) is 0 Å². The SMILES string of the molecule is O=C(CCCCO)c1ccc[c]([Co](=[O])[CH2]CCCO)c1. The summed E-state index contributed by atoms with van der Waals surface area (Å²) in [5.74, 6) is 0.0265. The van der Waals surface area contributed by atoms with Crippen LogP contribution in [0.2, 0.25) is 5.36 Å². The van der Waals surface area contributed by atoms with Crippen LogP contribution in [0.1, 0.15) is 42.5 Å². The van der Waals surface area contributed by atoms with Crippen molar-refractivity contribution >= 4 is 10.3 Å². The first-order valence-electron chi connectivity index (χ1n) is 6.80. The number of aliphatic hydroxyl groups excluding tert-OH is 2. The first kappa shape index (κ1) is 17.2. The van der Waals surface area contributed by atoms with Crippen molar-refractivity contribution in [3.05, 3.63) is 29.8 Å². The van der Waals surface area contributed by atoms with Crippen LogP contribution in [0.3, 0.4) is 0 Å². The van der Waals surface area contributed by atoms with Crippen LogP contribution < -0.4 is 4.50 Å². The summed E-state index contributed by atoms with van der Waals surface area (Å²) >= 11 is -1.47. The van der Waals surface area contributed by atoms with Gasteiger partial charge >= 0.3 is 123 Å². The van der Waals surface area contributed by atoms with Crippen molar-refractivity contribution in [3.8, 4) is 0 Å². The van der Waals surface area contributed by atoms with E-state index in [2.05, 4.69) is 0 Å². The zero-order chi connectivity index (χ0) is 14.8. The van der Waals surface area contributed by atoms with Gasteiger partial charge in [0.15, 0.2) is 0 Å². The molecule has 5 heteroatoms. The Labute approximate surface area is 123 Å². The van der Waals surface area contributed by atoms with Crippen LogP contribution in [0.15, 0.2) is 24.3 Å². The van der Waals surface area contributed by atoms with E-state index < -0.39 is 13.6 Å². The van der Waals surface area contributed by atoms with Crippen molar-refractivity contribution in [1.82, 2.24) is 0 Å². The zero-order valence-electron chi connectivity index (χ0n) is 11.5. The van der Waals surface area contributed by atoms with E-state index in [9.17, 15) is 8.66 Å². The van der Waals surface area contributed by atoms with Gasteiger partial charge in [0.2, 0.25) is 0 Å². The second-order valence-corrected chi connectivity index (χ2v) is 6.47. The Morgan fingerprint density at radius 1 is 1.05 bits per heavy atom. The number of aliphatic hydroxyl groups is 2. The number of hydrogen-bond acceptors (Lipinski definition) is 4. The molecule has 20 heavy (non-hydrogen) atoms. The van der Waals surface area contributed by atoms with E-state index in [-0.39, 0.29) is 19.0 Å². The molecule has 0 radical (unpaired) electrons. The average Bonchev–Trinajstić information content (AvgIpc) is 2.47. The Balaban J connectivity index is 2.60. The number of rotatable bonds is 10. The molecule has 0 saturated heterocycles. The third-order valence-corrected chi connectivity index (χ3v) is 4.67. The summed E-state index contributed by atoms with van der Waals surface area (Å²) in [7, 11) is 0. The topological polar surface area (TPSA) is 74.6 Å². The Morgan fingerprint density at radius 2 is 1.75 bits per heavy atom. The summed E-state index contributed by atoms with van der Waals surface area (Å²) in [6, 6.07) is 6.98.